The topological polar surface area (TPSA) is 23.5 Å². The molecule has 0 radical (unpaired) electrons. The van der Waals surface area contributed by atoms with Crippen molar-refractivity contribution in [3.8, 4) is 0 Å². The highest BCUT2D eigenvalue weighted by atomic mass is 16.3. The van der Waals surface area contributed by atoms with E-state index in [9.17, 15) is 5.11 Å². The van der Waals surface area contributed by atoms with Gasteiger partial charge >= 0.3 is 0 Å². The molecule has 2 atom stereocenters. The fourth-order valence-corrected chi connectivity index (χ4v) is 3.06. The molecule has 15 heavy (non-hydrogen) atoms. The predicted molar refractivity (Wildman–Crippen MR) is 60.5 cm³/mol. The van der Waals surface area contributed by atoms with Crippen LogP contribution in [0.4, 0.5) is 0 Å². The van der Waals surface area contributed by atoms with E-state index in [2.05, 4.69) is 30.2 Å². The molecule has 1 heterocycles. The van der Waals surface area contributed by atoms with Crippen LogP contribution in [-0.4, -0.2) is 35.7 Å². The van der Waals surface area contributed by atoms with Crippen LogP contribution in [0.2, 0.25) is 0 Å². The van der Waals surface area contributed by atoms with Gasteiger partial charge in [-0.2, -0.15) is 0 Å². The Bertz CT molecular complexity index is 378. The van der Waals surface area contributed by atoms with Gasteiger partial charge in [-0.15, -0.1) is 0 Å². The summed E-state index contributed by atoms with van der Waals surface area (Å²) in [5.41, 5.74) is 4.17. The molecule has 80 valence electrons. The highest BCUT2D eigenvalue weighted by Gasteiger charge is 2.39. The first-order valence-electron chi connectivity index (χ1n) is 5.74. The molecule has 3 aliphatic rings. The summed E-state index contributed by atoms with van der Waals surface area (Å²) in [5, 5.41) is 10.1. The SMILES string of the molecule is CN1CCC2=C3C(=CC=CC2)C(O)CC31. The lowest BCUT2D eigenvalue weighted by Gasteiger charge is -2.32. The number of aliphatic hydroxyl groups is 1. The maximum Gasteiger partial charge on any atom is 0.0811 e. The van der Waals surface area contributed by atoms with Crippen molar-refractivity contribution in [2.45, 2.75) is 31.4 Å². The van der Waals surface area contributed by atoms with Crippen molar-refractivity contribution in [3.05, 3.63) is 34.9 Å². The van der Waals surface area contributed by atoms with Crippen LogP contribution in [0.1, 0.15) is 19.3 Å². The van der Waals surface area contributed by atoms with Crippen LogP contribution in [0.5, 0.6) is 0 Å². The van der Waals surface area contributed by atoms with E-state index < -0.39 is 0 Å². The zero-order chi connectivity index (χ0) is 10.4. The van der Waals surface area contributed by atoms with E-state index in [1.807, 2.05) is 0 Å². The first-order chi connectivity index (χ1) is 7.27. The zero-order valence-corrected chi connectivity index (χ0v) is 9.11. The fourth-order valence-electron chi connectivity index (χ4n) is 3.06. The van der Waals surface area contributed by atoms with Crippen molar-refractivity contribution >= 4 is 0 Å². The number of hydrogen-bond donors (Lipinski definition) is 1. The van der Waals surface area contributed by atoms with E-state index >= 15 is 0 Å². The van der Waals surface area contributed by atoms with Crippen molar-refractivity contribution in [3.63, 3.8) is 0 Å². The molecule has 0 saturated heterocycles. The molecule has 1 aliphatic heterocycles. The van der Waals surface area contributed by atoms with Crippen LogP contribution < -0.4 is 0 Å². The Morgan fingerprint density at radius 3 is 3.20 bits per heavy atom. The molecule has 3 rings (SSSR count). The second kappa shape index (κ2) is 3.32. The van der Waals surface area contributed by atoms with Gasteiger partial charge in [-0.05, 0) is 37.5 Å². The molecule has 2 heteroatoms. The van der Waals surface area contributed by atoms with Crippen LogP contribution in [0.25, 0.3) is 0 Å². The molecule has 1 N–H and O–H groups in total. The van der Waals surface area contributed by atoms with Gasteiger partial charge in [-0.3, -0.25) is 4.90 Å². The molecular weight excluding hydrogens is 186 g/mol. The molecule has 2 nitrogen and oxygen atoms in total. The number of hydrogen-bond acceptors (Lipinski definition) is 2. The van der Waals surface area contributed by atoms with E-state index in [1.54, 1.807) is 5.57 Å². The monoisotopic (exact) mass is 203 g/mol. The Morgan fingerprint density at radius 1 is 1.47 bits per heavy atom. The molecule has 0 amide bonds. The van der Waals surface area contributed by atoms with E-state index in [1.165, 1.54) is 11.1 Å². The normalized spacial score (nSPS) is 35.2. The van der Waals surface area contributed by atoms with Gasteiger partial charge in [0.05, 0.1) is 6.10 Å². The molecule has 0 bridgehead atoms. The van der Waals surface area contributed by atoms with E-state index in [4.69, 9.17) is 0 Å². The Hall–Kier alpha value is -0.860. The second-order valence-electron chi connectivity index (χ2n) is 4.77. The third-order valence-corrected chi connectivity index (χ3v) is 3.91. The van der Waals surface area contributed by atoms with Gasteiger partial charge < -0.3 is 5.11 Å². The fraction of sp³-hybridized carbons (Fsp3) is 0.538. The van der Waals surface area contributed by atoms with Gasteiger partial charge in [-0.25, -0.2) is 0 Å². The summed E-state index contributed by atoms with van der Waals surface area (Å²) in [6.45, 7) is 1.14. The Morgan fingerprint density at radius 2 is 2.33 bits per heavy atom. The number of rotatable bonds is 0. The molecule has 0 aromatic heterocycles. The number of allylic oxidation sites excluding steroid dienone is 3. The van der Waals surface area contributed by atoms with Crippen molar-refractivity contribution in [2.75, 3.05) is 13.6 Å². The van der Waals surface area contributed by atoms with E-state index in [-0.39, 0.29) is 6.10 Å². The van der Waals surface area contributed by atoms with Crippen molar-refractivity contribution in [1.82, 2.24) is 4.90 Å². The third-order valence-electron chi connectivity index (χ3n) is 3.91. The van der Waals surface area contributed by atoms with Gasteiger partial charge in [-0.1, -0.05) is 23.8 Å². The zero-order valence-electron chi connectivity index (χ0n) is 9.11. The summed E-state index contributed by atoms with van der Waals surface area (Å²) in [6.07, 6.45) is 9.29. The molecule has 0 aromatic rings. The van der Waals surface area contributed by atoms with Crippen molar-refractivity contribution < 1.29 is 5.11 Å². The Balaban J connectivity index is 2.12. The lowest BCUT2D eigenvalue weighted by atomic mass is 9.92. The summed E-state index contributed by atoms with van der Waals surface area (Å²) in [6, 6.07) is 0.467. The minimum absolute atomic E-state index is 0.247. The molecular formula is C13H17NO. The van der Waals surface area contributed by atoms with Crippen LogP contribution in [-0.2, 0) is 0 Å². The third kappa shape index (κ3) is 1.32. The summed E-state index contributed by atoms with van der Waals surface area (Å²) < 4.78 is 0. The van der Waals surface area contributed by atoms with E-state index in [0.717, 1.165) is 25.8 Å². The van der Waals surface area contributed by atoms with Crippen LogP contribution in [0, 0.1) is 0 Å². The first kappa shape index (κ1) is 9.37. The number of aliphatic hydroxyl groups excluding tert-OH is 1. The van der Waals surface area contributed by atoms with Gasteiger partial charge in [0.25, 0.3) is 0 Å². The van der Waals surface area contributed by atoms with Crippen molar-refractivity contribution in [2.24, 2.45) is 0 Å². The smallest absolute Gasteiger partial charge is 0.0811 e. The quantitative estimate of drug-likeness (QED) is 0.647. The minimum Gasteiger partial charge on any atom is -0.388 e. The second-order valence-corrected chi connectivity index (χ2v) is 4.77. The molecule has 0 aromatic carbocycles. The summed E-state index contributed by atoms with van der Waals surface area (Å²) in [7, 11) is 2.17. The van der Waals surface area contributed by atoms with Crippen molar-refractivity contribution in [1.29, 1.82) is 0 Å². The van der Waals surface area contributed by atoms with Crippen LogP contribution in [0.15, 0.2) is 34.9 Å². The maximum atomic E-state index is 10.1. The van der Waals surface area contributed by atoms with Crippen LogP contribution >= 0.6 is 0 Å². The van der Waals surface area contributed by atoms with Gasteiger partial charge in [0, 0.05) is 12.6 Å². The van der Waals surface area contributed by atoms with E-state index in [0.29, 0.717) is 6.04 Å². The minimum atomic E-state index is -0.247. The van der Waals surface area contributed by atoms with Gasteiger partial charge in [0.1, 0.15) is 0 Å². The van der Waals surface area contributed by atoms with Gasteiger partial charge in [0.15, 0.2) is 0 Å². The summed E-state index contributed by atoms with van der Waals surface area (Å²) in [5.74, 6) is 0. The lowest BCUT2D eigenvalue weighted by Crippen LogP contribution is -2.36. The Kier molecular flexibility index (Phi) is 2.08. The lowest BCUT2D eigenvalue weighted by molar-refractivity contribution is 0.180. The molecule has 1 saturated carbocycles. The molecule has 1 fully saturated rings. The molecule has 2 unspecified atom stereocenters. The summed E-state index contributed by atoms with van der Waals surface area (Å²) in [4.78, 5) is 2.38. The molecule has 2 aliphatic carbocycles. The molecule has 0 spiro atoms. The largest absolute Gasteiger partial charge is 0.388 e. The average molecular weight is 203 g/mol. The highest BCUT2D eigenvalue weighted by Crippen LogP contribution is 2.41. The van der Waals surface area contributed by atoms with Gasteiger partial charge in [0.2, 0.25) is 0 Å². The average Bonchev–Trinajstić information content (AvgIpc) is 2.45. The van der Waals surface area contributed by atoms with Crippen LogP contribution in [0.3, 0.4) is 0 Å². The standard InChI is InChI=1S/C13H17NO/c1-14-7-6-9-4-2-3-5-10-12(15)8-11(14)13(9)10/h2-3,5,11-12,15H,4,6-8H2,1H3. The summed E-state index contributed by atoms with van der Waals surface area (Å²) >= 11 is 0. The maximum absolute atomic E-state index is 10.1. The predicted octanol–water partition coefficient (Wildman–Crippen LogP) is 1.64. The highest BCUT2D eigenvalue weighted by molar-refractivity contribution is 5.51. The number of nitrogens with zero attached hydrogens (tertiary/aromatic N) is 1. The number of likely N-dealkylation sites (N-methyl/N-ethyl adjacent to an activating group) is 1. The Labute approximate surface area is 90.6 Å². The first-order valence-corrected chi connectivity index (χ1v) is 5.74.